The molecule has 1 aromatic heterocycles. The first-order chi connectivity index (χ1) is 15.6. The highest BCUT2D eigenvalue weighted by Gasteiger charge is 2.17. The normalized spacial score (nSPS) is 15.5. The van der Waals surface area contributed by atoms with Gasteiger partial charge in [0.25, 0.3) is 11.8 Å². The number of aryl methyl sites for hydroxylation is 1. The molecule has 0 unspecified atom stereocenters. The maximum atomic E-state index is 12.1. The van der Waals surface area contributed by atoms with Gasteiger partial charge in [0.2, 0.25) is 5.82 Å². The molecule has 1 fully saturated rings. The van der Waals surface area contributed by atoms with Crippen LogP contribution < -0.4 is 14.8 Å². The van der Waals surface area contributed by atoms with Crippen molar-refractivity contribution in [1.29, 1.82) is 0 Å². The molecule has 0 spiro atoms. The van der Waals surface area contributed by atoms with Crippen LogP contribution in [0.2, 0.25) is 0 Å². The molecule has 1 aliphatic heterocycles. The molecule has 32 heavy (non-hydrogen) atoms. The zero-order chi connectivity index (χ0) is 22.3. The number of benzene rings is 2. The van der Waals surface area contributed by atoms with Crippen LogP contribution in [0.4, 0.5) is 0 Å². The lowest BCUT2D eigenvalue weighted by Gasteiger charge is -2.14. The lowest BCUT2D eigenvalue weighted by atomic mass is 10.1. The van der Waals surface area contributed by atoms with Crippen molar-refractivity contribution in [2.45, 2.75) is 32.8 Å². The van der Waals surface area contributed by atoms with Gasteiger partial charge in [-0.2, -0.15) is 4.98 Å². The predicted molar refractivity (Wildman–Crippen MR) is 119 cm³/mol. The molecule has 1 N–H and O–H groups in total. The second-order valence-corrected chi connectivity index (χ2v) is 7.61. The van der Waals surface area contributed by atoms with E-state index in [1.54, 1.807) is 12.1 Å². The Morgan fingerprint density at radius 2 is 1.94 bits per heavy atom. The molecule has 4 rings (SSSR count). The Morgan fingerprint density at radius 3 is 2.69 bits per heavy atom. The minimum absolute atomic E-state index is 0.0944. The second kappa shape index (κ2) is 10.3. The minimum Gasteiger partial charge on any atom is -0.490 e. The lowest BCUT2D eigenvalue weighted by molar-refractivity contribution is -0.123. The summed E-state index contributed by atoms with van der Waals surface area (Å²) >= 11 is 0. The summed E-state index contributed by atoms with van der Waals surface area (Å²) in [6, 6.07) is 13.2. The maximum Gasteiger partial charge on any atom is 0.258 e. The first-order valence-electron chi connectivity index (χ1n) is 10.8. The van der Waals surface area contributed by atoms with Crippen LogP contribution in [0.3, 0.4) is 0 Å². The fourth-order valence-electron chi connectivity index (χ4n) is 3.42. The molecule has 0 saturated carbocycles. The molecule has 0 radical (unpaired) electrons. The third-order valence-corrected chi connectivity index (χ3v) is 5.14. The zero-order valence-electron chi connectivity index (χ0n) is 18.3. The van der Waals surface area contributed by atoms with Gasteiger partial charge in [-0.15, -0.1) is 0 Å². The van der Waals surface area contributed by atoms with Crippen LogP contribution in [-0.2, 0) is 9.53 Å². The van der Waals surface area contributed by atoms with Crippen LogP contribution >= 0.6 is 0 Å². The molecule has 1 atom stereocenters. The van der Waals surface area contributed by atoms with Crippen LogP contribution in [0.25, 0.3) is 22.8 Å². The number of aromatic nitrogens is 2. The van der Waals surface area contributed by atoms with E-state index in [-0.39, 0.29) is 18.6 Å². The summed E-state index contributed by atoms with van der Waals surface area (Å²) in [4.78, 5) is 16.6. The van der Waals surface area contributed by atoms with Crippen LogP contribution in [0.5, 0.6) is 11.5 Å². The van der Waals surface area contributed by atoms with Gasteiger partial charge in [-0.05, 0) is 57.0 Å². The molecule has 1 amide bonds. The van der Waals surface area contributed by atoms with Crippen LogP contribution in [0, 0.1) is 6.92 Å². The van der Waals surface area contributed by atoms with Crippen molar-refractivity contribution in [2.75, 3.05) is 26.4 Å². The number of nitrogens with one attached hydrogen (secondary N) is 1. The summed E-state index contributed by atoms with van der Waals surface area (Å²) in [5, 5.41) is 6.94. The summed E-state index contributed by atoms with van der Waals surface area (Å²) in [6.07, 6.45) is 2.10. The molecule has 2 aromatic carbocycles. The van der Waals surface area contributed by atoms with Gasteiger partial charge < -0.3 is 24.1 Å². The van der Waals surface area contributed by atoms with Gasteiger partial charge in [0.1, 0.15) is 0 Å². The monoisotopic (exact) mass is 437 g/mol. The van der Waals surface area contributed by atoms with E-state index in [1.165, 1.54) is 0 Å². The Kier molecular flexibility index (Phi) is 7.01. The summed E-state index contributed by atoms with van der Waals surface area (Å²) in [5.74, 6) is 1.68. The standard InChI is InChI=1S/C24H27N3O5/c1-3-29-21-13-18(23-26-24(32-27-23)17-8-6-16(2)7-9-17)10-11-20(21)31-15-22(28)25-14-19-5-4-12-30-19/h6-11,13,19H,3-5,12,14-15H2,1-2H3,(H,25,28)/t19-/m0/s1. The number of amides is 1. The van der Waals surface area contributed by atoms with E-state index in [4.69, 9.17) is 18.7 Å². The molecule has 1 saturated heterocycles. The van der Waals surface area contributed by atoms with E-state index in [0.29, 0.717) is 36.4 Å². The maximum absolute atomic E-state index is 12.1. The highest BCUT2D eigenvalue weighted by Crippen LogP contribution is 2.32. The number of rotatable bonds is 9. The van der Waals surface area contributed by atoms with Crippen molar-refractivity contribution in [2.24, 2.45) is 0 Å². The van der Waals surface area contributed by atoms with Gasteiger partial charge >= 0.3 is 0 Å². The summed E-state index contributed by atoms with van der Waals surface area (Å²) in [7, 11) is 0. The third kappa shape index (κ3) is 5.45. The quantitative estimate of drug-likeness (QED) is 0.544. The highest BCUT2D eigenvalue weighted by atomic mass is 16.5. The molecule has 8 nitrogen and oxygen atoms in total. The smallest absolute Gasteiger partial charge is 0.258 e. The minimum atomic E-state index is -0.201. The summed E-state index contributed by atoms with van der Waals surface area (Å²) in [5.41, 5.74) is 2.74. The Labute approximate surface area is 186 Å². The largest absolute Gasteiger partial charge is 0.490 e. The number of carbonyl (C=O) groups is 1. The molecule has 1 aliphatic rings. The number of nitrogens with zero attached hydrogens (tertiary/aromatic N) is 2. The fourth-order valence-corrected chi connectivity index (χ4v) is 3.42. The van der Waals surface area contributed by atoms with Crippen molar-refractivity contribution in [1.82, 2.24) is 15.5 Å². The molecule has 2 heterocycles. The van der Waals surface area contributed by atoms with Gasteiger partial charge in [-0.25, -0.2) is 0 Å². The molecule has 0 bridgehead atoms. The van der Waals surface area contributed by atoms with Crippen molar-refractivity contribution in [3.63, 3.8) is 0 Å². The molecular weight excluding hydrogens is 410 g/mol. The fraction of sp³-hybridized carbons (Fsp3) is 0.375. The van der Waals surface area contributed by atoms with E-state index in [9.17, 15) is 4.79 Å². The van der Waals surface area contributed by atoms with Gasteiger partial charge in [0.15, 0.2) is 18.1 Å². The third-order valence-electron chi connectivity index (χ3n) is 5.14. The average molecular weight is 437 g/mol. The highest BCUT2D eigenvalue weighted by molar-refractivity contribution is 5.77. The van der Waals surface area contributed by atoms with Gasteiger partial charge in [0, 0.05) is 24.3 Å². The van der Waals surface area contributed by atoms with Gasteiger partial charge in [0.05, 0.1) is 12.7 Å². The predicted octanol–water partition coefficient (Wildman–Crippen LogP) is 3.78. The lowest BCUT2D eigenvalue weighted by Crippen LogP contribution is -2.35. The molecular formula is C24H27N3O5. The molecule has 8 heteroatoms. The summed E-state index contributed by atoms with van der Waals surface area (Å²) in [6.45, 7) is 5.51. The Hall–Kier alpha value is -3.39. The van der Waals surface area contributed by atoms with Crippen LogP contribution in [-0.4, -0.2) is 48.5 Å². The van der Waals surface area contributed by atoms with Crippen molar-refractivity contribution >= 4 is 5.91 Å². The zero-order valence-corrected chi connectivity index (χ0v) is 18.3. The molecule has 0 aliphatic carbocycles. The molecule has 3 aromatic rings. The van der Waals surface area contributed by atoms with Crippen LogP contribution in [0.15, 0.2) is 47.0 Å². The second-order valence-electron chi connectivity index (χ2n) is 7.61. The SMILES string of the molecule is CCOc1cc(-c2noc(-c3ccc(C)cc3)n2)ccc1OCC(=O)NC[C@@H]1CCCO1. The first kappa shape index (κ1) is 21.8. The summed E-state index contributed by atoms with van der Waals surface area (Å²) < 4.78 is 22.4. The Balaban J connectivity index is 1.42. The Morgan fingerprint density at radius 1 is 1.12 bits per heavy atom. The molecule has 168 valence electrons. The number of carbonyl (C=O) groups excluding carboxylic acids is 1. The first-order valence-corrected chi connectivity index (χ1v) is 10.8. The van der Waals surface area contributed by atoms with E-state index >= 15 is 0 Å². The van der Waals surface area contributed by atoms with E-state index in [1.807, 2.05) is 44.2 Å². The van der Waals surface area contributed by atoms with Crippen molar-refractivity contribution < 1.29 is 23.5 Å². The van der Waals surface area contributed by atoms with Crippen molar-refractivity contribution in [3.05, 3.63) is 48.0 Å². The number of hydrogen-bond donors (Lipinski definition) is 1. The Bertz CT molecular complexity index is 1040. The topological polar surface area (TPSA) is 95.7 Å². The van der Waals surface area contributed by atoms with E-state index in [0.717, 1.165) is 36.1 Å². The van der Waals surface area contributed by atoms with Gasteiger partial charge in [-0.1, -0.05) is 22.9 Å². The van der Waals surface area contributed by atoms with E-state index < -0.39 is 0 Å². The number of ether oxygens (including phenoxy) is 3. The number of hydrogen-bond acceptors (Lipinski definition) is 7. The van der Waals surface area contributed by atoms with Crippen molar-refractivity contribution in [3.8, 4) is 34.3 Å². The van der Waals surface area contributed by atoms with Crippen LogP contribution in [0.1, 0.15) is 25.3 Å². The van der Waals surface area contributed by atoms with Gasteiger partial charge in [-0.3, -0.25) is 4.79 Å². The van der Waals surface area contributed by atoms with E-state index in [2.05, 4.69) is 15.5 Å². The average Bonchev–Trinajstić information content (AvgIpc) is 3.50.